The molecule has 7 nitrogen and oxygen atoms in total. The van der Waals surface area contributed by atoms with E-state index in [4.69, 9.17) is 0 Å². The van der Waals surface area contributed by atoms with Crippen molar-refractivity contribution < 1.29 is 26.0 Å². The first-order valence-corrected chi connectivity index (χ1v) is 12.8. The molecule has 0 fully saturated rings. The summed E-state index contributed by atoms with van der Waals surface area (Å²) in [5.74, 6) is -0.950. The summed E-state index contributed by atoms with van der Waals surface area (Å²) in [6.07, 6.45) is 1.05. The van der Waals surface area contributed by atoms with E-state index in [9.17, 15) is 26.0 Å². The Morgan fingerprint density at radius 2 is 1.44 bits per heavy atom. The Morgan fingerprint density at radius 3 is 2.12 bits per heavy atom. The van der Waals surface area contributed by atoms with E-state index in [1.807, 2.05) is 0 Å². The van der Waals surface area contributed by atoms with E-state index in [-0.39, 0.29) is 28.4 Å². The third-order valence-electron chi connectivity index (χ3n) is 4.54. The van der Waals surface area contributed by atoms with Crippen LogP contribution in [0.1, 0.15) is 21.5 Å². The molecular weight excluding hydrogens is 455 g/mol. The zero-order valence-electron chi connectivity index (χ0n) is 17.1. The van der Waals surface area contributed by atoms with Gasteiger partial charge in [0.2, 0.25) is 10.0 Å². The Hall–Kier alpha value is -3.08. The van der Waals surface area contributed by atoms with Crippen LogP contribution in [0.2, 0.25) is 0 Å². The van der Waals surface area contributed by atoms with Crippen molar-refractivity contribution in [2.75, 3.05) is 6.26 Å². The van der Waals surface area contributed by atoms with Crippen molar-refractivity contribution in [1.82, 2.24) is 10.0 Å². The van der Waals surface area contributed by atoms with E-state index in [1.165, 1.54) is 54.6 Å². The van der Waals surface area contributed by atoms with E-state index < -0.39 is 31.6 Å². The molecule has 0 bridgehead atoms. The molecule has 32 heavy (non-hydrogen) atoms. The number of rotatable bonds is 8. The second kappa shape index (κ2) is 9.60. The van der Waals surface area contributed by atoms with E-state index in [1.54, 1.807) is 18.2 Å². The lowest BCUT2D eigenvalue weighted by molar-refractivity contribution is 0.0950. The summed E-state index contributed by atoms with van der Waals surface area (Å²) in [6.45, 7) is -0.0348. The monoisotopic (exact) mass is 476 g/mol. The van der Waals surface area contributed by atoms with E-state index >= 15 is 0 Å². The number of halogens is 1. The lowest BCUT2D eigenvalue weighted by atomic mass is 10.2. The van der Waals surface area contributed by atoms with Crippen LogP contribution in [0, 0.1) is 5.82 Å². The second-order valence-corrected chi connectivity index (χ2v) is 10.9. The van der Waals surface area contributed by atoms with Gasteiger partial charge in [-0.05, 0) is 53.6 Å². The van der Waals surface area contributed by atoms with Gasteiger partial charge in [-0.25, -0.2) is 25.9 Å². The van der Waals surface area contributed by atoms with Crippen LogP contribution in [0.25, 0.3) is 0 Å². The van der Waals surface area contributed by atoms with Crippen LogP contribution in [-0.2, 0) is 33.0 Å². The van der Waals surface area contributed by atoms with Crippen LogP contribution in [-0.4, -0.2) is 29.0 Å². The summed E-state index contributed by atoms with van der Waals surface area (Å²) in [5.41, 5.74) is 1.19. The fourth-order valence-corrected chi connectivity index (χ4v) is 4.64. The Kier molecular flexibility index (Phi) is 7.07. The summed E-state index contributed by atoms with van der Waals surface area (Å²) in [4.78, 5) is 12.4. The van der Waals surface area contributed by atoms with E-state index in [2.05, 4.69) is 10.0 Å². The van der Waals surface area contributed by atoms with Crippen LogP contribution in [0.4, 0.5) is 4.39 Å². The zero-order chi connectivity index (χ0) is 23.4. The van der Waals surface area contributed by atoms with Gasteiger partial charge in [-0.1, -0.05) is 30.3 Å². The van der Waals surface area contributed by atoms with Gasteiger partial charge in [0.05, 0.1) is 9.79 Å². The van der Waals surface area contributed by atoms with Crippen LogP contribution in [0.3, 0.4) is 0 Å². The maximum absolute atomic E-state index is 13.3. The highest BCUT2D eigenvalue weighted by atomic mass is 32.2. The van der Waals surface area contributed by atoms with Gasteiger partial charge >= 0.3 is 0 Å². The molecule has 0 radical (unpaired) electrons. The molecule has 0 saturated heterocycles. The molecule has 0 aliphatic rings. The molecule has 0 saturated carbocycles. The van der Waals surface area contributed by atoms with Gasteiger partial charge in [0.15, 0.2) is 9.84 Å². The van der Waals surface area contributed by atoms with Crippen molar-refractivity contribution in [1.29, 1.82) is 0 Å². The summed E-state index contributed by atoms with van der Waals surface area (Å²) < 4.78 is 64.2. The molecule has 0 aliphatic carbocycles. The molecular formula is C22H21FN2O5S2. The molecule has 1 amide bonds. The molecule has 168 valence electrons. The van der Waals surface area contributed by atoms with E-state index in [0.29, 0.717) is 11.1 Å². The molecule has 3 aromatic rings. The summed E-state index contributed by atoms with van der Waals surface area (Å²) in [6, 6.07) is 17.3. The number of nitrogens with one attached hydrogen (secondary N) is 2. The SMILES string of the molecule is CS(=O)(=O)c1cccc(C(=O)NCc2cccc(S(=O)(=O)NCc3cccc(F)c3)c2)c1. The van der Waals surface area contributed by atoms with Gasteiger partial charge in [-0.15, -0.1) is 0 Å². The lowest BCUT2D eigenvalue weighted by Gasteiger charge is -2.10. The van der Waals surface area contributed by atoms with Gasteiger partial charge in [0.1, 0.15) is 5.82 Å². The first kappa shape index (κ1) is 23.6. The highest BCUT2D eigenvalue weighted by Crippen LogP contribution is 2.14. The molecule has 2 N–H and O–H groups in total. The molecule has 0 spiro atoms. The Bertz CT molecular complexity index is 1360. The van der Waals surface area contributed by atoms with Gasteiger partial charge in [0, 0.05) is 24.9 Å². The largest absolute Gasteiger partial charge is 0.348 e. The molecule has 0 heterocycles. The van der Waals surface area contributed by atoms with Crippen molar-refractivity contribution in [3.63, 3.8) is 0 Å². The quantitative estimate of drug-likeness (QED) is 0.520. The standard InChI is InChI=1S/C22H21FN2O5S2/c1-31(27,28)20-9-4-7-18(13-20)22(26)24-14-17-6-3-10-21(12-17)32(29,30)25-15-16-5-2-8-19(23)11-16/h2-13,25H,14-15H2,1H3,(H,24,26). The maximum atomic E-state index is 13.3. The number of carbonyl (C=O) groups excluding carboxylic acids is 1. The number of hydrogen-bond acceptors (Lipinski definition) is 5. The van der Waals surface area contributed by atoms with Crippen molar-refractivity contribution >= 4 is 25.8 Å². The summed E-state index contributed by atoms with van der Waals surface area (Å²) in [7, 11) is -7.31. The van der Waals surface area contributed by atoms with Crippen molar-refractivity contribution in [3.05, 3.63) is 95.3 Å². The highest BCUT2D eigenvalue weighted by Gasteiger charge is 2.15. The predicted octanol–water partition coefficient (Wildman–Crippen LogP) is 2.64. The summed E-state index contributed by atoms with van der Waals surface area (Å²) >= 11 is 0. The van der Waals surface area contributed by atoms with Gasteiger partial charge in [0.25, 0.3) is 5.91 Å². The van der Waals surface area contributed by atoms with Crippen molar-refractivity contribution in [3.8, 4) is 0 Å². The number of benzene rings is 3. The Balaban J connectivity index is 1.67. The smallest absolute Gasteiger partial charge is 0.251 e. The Morgan fingerprint density at radius 1 is 0.812 bits per heavy atom. The van der Waals surface area contributed by atoms with Crippen LogP contribution in [0.5, 0.6) is 0 Å². The molecule has 3 rings (SSSR count). The van der Waals surface area contributed by atoms with Gasteiger partial charge in [-0.3, -0.25) is 4.79 Å². The number of sulfone groups is 1. The minimum absolute atomic E-state index is 0.000254. The summed E-state index contributed by atoms with van der Waals surface area (Å²) in [5, 5.41) is 2.65. The topological polar surface area (TPSA) is 109 Å². The minimum Gasteiger partial charge on any atom is -0.348 e. The van der Waals surface area contributed by atoms with Crippen molar-refractivity contribution in [2.45, 2.75) is 22.9 Å². The number of carbonyl (C=O) groups is 1. The highest BCUT2D eigenvalue weighted by molar-refractivity contribution is 7.90. The first-order valence-electron chi connectivity index (χ1n) is 9.46. The first-order chi connectivity index (χ1) is 15.0. The number of hydrogen-bond donors (Lipinski definition) is 2. The average Bonchev–Trinajstić information content (AvgIpc) is 2.76. The molecule has 0 aromatic heterocycles. The molecule has 3 aromatic carbocycles. The molecule has 10 heteroatoms. The van der Waals surface area contributed by atoms with Crippen LogP contribution >= 0.6 is 0 Å². The normalized spacial score (nSPS) is 11.8. The van der Waals surface area contributed by atoms with Gasteiger partial charge in [-0.2, -0.15) is 0 Å². The third kappa shape index (κ3) is 6.22. The zero-order valence-corrected chi connectivity index (χ0v) is 18.7. The van der Waals surface area contributed by atoms with Crippen molar-refractivity contribution in [2.24, 2.45) is 0 Å². The van der Waals surface area contributed by atoms with Crippen LogP contribution in [0.15, 0.2) is 82.6 Å². The van der Waals surface area contributed by atoms with E-state index in [0.717, 1.165) is 6.26 Å². The third-order valence-corrected chi connectivity index (χ3v) is 7.05. The fourth-order valence-electron chi connectivity index (χ4n) is 2.88. The maximum Gasteiger partial charge on any atom is 0.251 e. The Labute approximate surface area is 186 Å². The molecule has 0 aliphatic heterocycles. The predicted molar refractivity (Wildman–Crippen MR) is 118 cm³/mol. The molecule has 0 unspecified atom stereocenters. The number of amides is 1. The van der Waals surface area contributed by atoms with Gasteiger partial charge < -0.3 is 5.32 Å². The van der Waals surface area contributed by atoms with Crippen LogP contribution < -0.4 is 10.0 Å². The number of sulfonamides is 1. The lowest BCUT2D eigenvalue weighted by Crippen LogP contribution is -2.25. The minimum atomic E-state index is -3.86. The average molecular weight is 477 g/mol. The fraction of sp³-hybridized carbons (Fsp3) is 0.136. The second-order valence-electron chi connectivity index (χ2n) is 7.08. The molecule has 0 atom stereocenters.